The molecule has 0 aromatic heterocycles. The number of nitrogens with two attached hydrogens (primary N) is 1. The number of hydrogen-bond donors (Lipinski definition) is 3. The summed E-state index contributed by atoms with van der Waals surface area (Å²) in [5.41, 5.74) is 5.58. The summed E-state index contributed by atoms with van der Waals surface area (Å²) >= 11 is 0. The number of nitrogens with zero attached hydrogens (tertiary/aromatic N) is 1. The molecule has 4 N–H and O–H groups in total. The lowest BCUT2D eigenvalue weighted by Gasteiger charge is -2.45. The molecule has 33 heavy (non-hydrogen) atoms. The fraction of sp³-hybridized carbons (Fsp3) is 1.00. The van der Waals surface area contributed by atoms with Crippen molar-refractivity contribution in [3.05, 3.63) is 0 Å². The second-order valence-electron chi connectivity index (χ2n) is 10.6. The maximum Gasteiger partial charge on any atom is 0.331 e. The van der Waals surface area contributed by atoms with Crippen molar-refractivity contribution in [3.63, 3.8) is 0 Å². The van der Waals surface area contributed by atoms with E-state index in [2.05, 4.69) is 36.4 Å². The molecule has 0 bridgehead atoms. The zero-order chi connectivity index (χ0) is 26.1. The molecule has 1 rings (SSSR count). The van der Waals surface area contributed by atoms with Crippen LogP contribution in [0.4, 0.5) is 0 Å². The lowest BCUT2D eigenvalue weighted by Crippen LogP contribution is -2.64. The Balaban J connectivity index is 3.02. The van der Waals surface area contributed by atoms with Crippen molar-refractivity contribution < 1.29 is 26.0 Å². The van der Waals surface area contributed by atoms with Crippen molar-refractivity contribution in [3.8, 4) is 0 Å². The first-order chi connectivity index (χ1) is 15.5. The third-order valence-corrected chi connectivity index (χ3v) is 22.0. The molecule has 2 atom stereocenters. The van der Waals surface area contributed by atoms with Crippen molar-refractivity contribution in [1.82, 2.24) is 10.2 Å². The predicted octanol–water partition coefficient (Wildman–Crippen LogP) is 1.27. The first kappa shape index (κ1) is 30.0. The van der Waals surface area contributed by atoms with Gasteiger partial charge in [-0.25, -0.2) is 0 Å². The topological polar surface area (TPSA) is 108 Å². The summed E-state index contributed by atoms with van der Waals surface area (Å²) in [6, 6.07) is 0.816. The number of hydrogen-bond acceptors (Lipinski definition) is 9. The molecule has 0 spiro atoms. The van der Waals surface area contributed by atoms with Gasteiger partial charge in [-0.15, -0.1) is 0 Å². The first-order valence-electron chi connectivity index (χ1n) is 12.4. The largest absolute Gasteiger partial charge is 0.444 e. The van der Waals surface area contributed by atoms with Crippen LogP contribution >= 0.6 is 0 Å². The van der Waals surface area contributed by atoms with E-state index in [1.165, 1.54) is 0 Å². The third-order valence-electron chi connectivity index (χ3n) is 4.78. The molecule has 9 nitrogen and oxygen atoms in total. The van der Waals surface area contributed by atoms with Crippen LogP contribution in [0.1, 0.15) is 6.42 Å². The van der Waals surface area contributed by atoms with E-state index in [1.54, 1.807) is 0 Å². The van der Waals surface area contributed by atoms with Gasteiger partial charge in [0.15, 0.2) is 1.43 Å². The van der Waals surface area contributed by atoms with E-state index < -0.39 is 42.4 Å². The smallest absolute Gasteiger partial charge is 0.331 e. The zero-order valence-corrected chi connectivity index (χ0v) is 27.1. The van der Waals surface area contributed by atoms with Crippen LogP contribution in [0.5, 0.6) is 0 Å². The molecule has 1 heterocycles. The monoisotopic (exact) mass is 554 g/mol. The van der Waals surface area contributed by atoms with Crippen LogP contribution in [-0.2, 0) is 21.2 Å². The van der Waals surface area contributed by atoms with Crippen LogP contribution < -0.4 is 11.1 Å². The van der Waals surface area contributed by atoms with Crippen LogP contribution in [-0.4, -0.2) is 113 Å². The molecule has 1 aliphatic rings. The van der Waals surface area contributed by atoms with Gasteiger partial charge in [-0.1, -0.05) is 13.1 Å². The second-order valence-corrected chi connectivity index (χ2v) is 28.0. The fourth-order valence-corrected chi connectivity index (χ4v) is 26.1. The predicted molar refractivity (Wildman–Crippen MR) is 147 cm³/mol. The first-order valence-corrected chi connectivity index (χ1v) is 25.6. The van der Waals surface area contributed by atoms with Gasteiger partial charge < -0.3 is 37.0 Å². The van der Waals surface area contributed by atoms with Crippen LogP contribution in [0.3, 0.4) is 0 Å². The Morgan fingerprint density at radius 1 is 0.970 bits per heavy atom. The summed E-state index contributed by atoms with van der Waals surface area (Å²) in [5, 5.41) is 3.34. The van der Waals surface area contributed by atoms with Crippen molar-refractivity contribution in [2.24, 2.45) is 5.73 Å². The maximum atomic E-state index is 7.52. The molecule has 2 radical (unpaired) electrons. The quantitative estimate of drug-likeness (QED) is 0.181. The minimum Gasteiger partial charge on any atom is -0.444 e. The van der Waals surface area contributed by atoms with Gasteiger partial charge in [0.25, 0.3) is 0 Å². The van der Waals surface area contributed by atoms with Gasteiger partial charge >= 0.3 is 34.2 Å². The minimum atomic E-state index is -2.79. The molecular weight excluding hydrogens is 505 g/mol. The normalized spacial score (nSPS) is 20.8. The Morgan fingerprint density at radius 3 is 2.12 bits per heavy atom. The number of nitrogens with one attached hydrogen (secondary N) is 1. The standard InChI is InChI=1S/C18H48BN3O6Si5/c1-29(2,19)25-32(7,17-9-11-21-12-10-20)27-31(5,6)28-33(8,26-30(3,4)23)18-22-13-15-24-16-14-22/h21,23H,9-18,20H2,1-8H3/i23D. The van der Waals surface area contributed by atoms with E-state index in [1.807, 2.05) is 26.2 Å². The van der Waals surface area contributed by atoms with Crippen LogP contribution in [0.25, 0.3) is 0 Å². The van der Waals surface area contributed by atoms with Gasteiger partial charge in [0.05, 0.1) is 20.7 Å². The maximum absolute atomic E-state index is 7.52. The molecule has 1 aliphatic heterocycles. The van der Waals surface area contributed by atoms with Crippen LogP contribution in [0.2, 0.25) is 58.4 Å². The lowest BCUT2D eigenvalue weighted by molar-refractivity contribution is 0.0418. The van der Waals surface area contributed by atoms with E-state index in [-0.39, 0.29) is 0 Å². The number of ether oxygens (including phenoxy) is 1. The van der Waals surface area contributed by atoms with E-state index in [0.29, 0.717) is 25.9 Å². The highest BCUT2D eigenvalue weighted by molar-refractivity contribution is 7.14. The molecular formula is C18H48BN3O6Si5. The van der Waals surface area contributed by atoms with Crippen molar-refractivity contribution in [1.29, 1.82) is 1.43 Å². The average Bonchev–Trinajstić information content (AvgIpc) is 2.65. The van der Waals surface area contributed by atoms with E-state index in [9.17, 15) is 0 Å². The van der Waals surface area contributed by atoms with Gasteiger partial charge in [-0.2, -0.15) is 0 Å². The second kappa shape index (κ2) is 13.4. The van der Waals surface area contributed by atoms with E-state index in [4.69, 9.17) is 40.6 Å². The van der Waals surface area contributed by atoms with Gasteiger partial charge in [0, 0.05) is 32.3 Å². The van der Waals surface area contributed by atoms with E-state index >= 15 is 0 Å². The summed E-state index contributed by atoms with van der Waals surface area (Å²) in [4.78, 5) is 7.32. The average molecular weight is 555 g/mol. The number of rotatable bonds is 17. The van der Waals surface area contributed by atoms with Gasteiger partial charge in [0.2, 0.25) is 0 Å². The Hall–Kier alpha value is 0.789. The highest BCUT2D eigenvalue weighted by atomic mass is 28.5. The van der Waals surface area contributed by atoms with Gasteiger partial charge in [-0.3, -0.25) is 4.90 Å². The third kappa shape index (κ3) is 14.8. The summed E-state index contributed by atoms with van der Waals surface area (Å²) in [7, 11) is -6.71. The highest BCUT2D eigenvalue weighted by Gasteiger charge is 2.49. The van der Waals surface area contributed by atoms with Crippen molar-refractivity contribution >= 4 is 49.9 Å². The fourth-order valence-electron chi connectivity index (χ4n) is 4.27. The molecule has 0 aromatic carbocycles. The Kier molecular flexibility index (Phi) is 12.2. The molecule has 194 valence electrons. The molecule has 1 fully saturated rings. The minimum absolute atomic E-state index is 0.617. The molecule has 1 saturated heterocycles. The summed E-state index contributed by atoms with van der Waals surface area (Å²) in [6.45, 7) is 21.3. The molecule has 15 heteroatoms. The van der Waals surface area contributed by atoms with Crippen LogP contribution in [0.15, 0.2) is 0 Å². The van der Waals surface area contributed by atoms with Gasteiger partial charge in [-0.05, 0) is 58.3 Å². The summed E-state index contributed by atoms with van der Waals surface area (Å²) in [6.07, 6.45) is 1.60. The van der Waals surface area contributed by atoms with E-state index in [0.717, 1.165) is 38.6 Å². The summed E-state index contributed by atoms with van der Waals surface area (Å²) < 4.78 is 39.7. The van der Waals surface area contributed by atoms with Crippen LogP contribution in [0, 0.1) is 0 Å². The highest BCUT2D eigenvalue weighted by Crippen LogP contribution is 2.28. The molecule has 0 amide bonds. The SMILES string of the molecule is [2H]O[Si](C)(C)O[Si](C)(CN1CCOCC1)O[Si](C)(C)O[Si](C)(CCCNCCN)O[Si]([B])(C)C. The number of morpholine rings is 1. The molecule has 0 aliphatic carbocycles. The lowest BCUT2D eigenvalue weighted by atomic mass is 10.5. The Bertz CT molecular complexity index is 607. The van der Waals surface area contributed by atoms with Crippen molar-refractivity contribution in [2.45, 2.75) is 64.8 Å². The van der Waals surface area contributed by atoms with Gasteiger partial charge in [0.1, 0.15) is 8.19 Å². The Labute approximate surface area is 210 Å². The zero-order valence-electron chi connectivity index (χ0n) is 23.1. The molecule has 0 saturated carbocycles. The Morgan fingerprint density at radius 2 is 1.58 bits per heavy atom. The molecule has 2 unspecified atom stereocenters. The van der Waals surface area contributed by atoms with Crippen molar-refractivity contribution in [2.75, 3.05) is 52.1 Å². The summed E-state index contributed by atoms with van der Waals surface area (Å²) in [5.74, 6) is 0. The molecule has 0 aromatic rings.